The van der Waals surface area contributed by atoms with Gasteiger partial charge in [0.15, 0.2) is 0 Å². The molecule has 108 valence electrons. The Bertz CT molecular complexity index is 333. The highest BCUT2D eigenvalue weighted by Gasteiger charge is 2.49. The fraction of sp³-hybridized carbons (Fsp3) is 0.786. The van der Waals surface area contributed by atoms with E-state index in [4.69, 9.17) is 14.0 Å². The fourth-order valence-electron chi connectivity index (χ4n) is 1.80. The second-order valence-corrected chi connectivity index (χ2v) is 6.00. The third-order valence-electron chi connectivity index (χ3n) is 3.66. The molecule has 0 aliphatic carbocycles. The standard InChI is InChI=1S/C14H25BO4/c1-7-17-12(16)10-11(2)8-9-15-18-13(3,4)14(5,6)19-15/h8-9,11H,7,10H2,1-6H3/t11-/m0/s1. The second kappa shape index (κ2) is 6.10. The molecule has 1 fully saturated rings. The van der Waals surface area contributed by atoms with Gasteiger partial charge < -0.3 is 14.0 Å². The summed E-state index contributed by atoms with van der Waals surface area (Å²) in [6.45, 7) is 12.3. The summed E-state index contributed by atoms with van der Waals surface area (Å²) in [5, 5.41) is 0. The summed E-state index contributed by atoms with van der Waals surface area (Å²) in [5.74, 6) is 1.81. The smallest absolute Gasteiger partial charge is 0.466 e. The van der Waals surface area contributed by atoms with Gasteiger partial charge in [-0.3, -0.25) is 4.79 Å². The number of esters is 1. The van der Waals surface area contributed by atoms with Crippen LogP contribution >= 0.6 is 0 Å². The van der Waals surface area contributed by atoms with E-state index in [1.54, 1.807) is 0 Å². The number of carbonyl (C=O) groups excluding carboxylic acids is 1. The molecule has 0 spiro atoms. The largest absolute Gasteiger partial charge is 0.486 e. The Morgan fingerprint density at radius 2 is 1.79 bits per heavy atom. The number of hydrogen-bond acceptors (Lipinski definition) is 4. The zero-order valence-corrected chi connectivity index (χ0v) is 12.9. The van der Waals surface area contributed by atoms with Crippen LogP contribution in [0.1, 0.15) is 48.0 Å². The van der Waals surface area contributed by atoms with Crippen LogP contribution in [-0.4, -0.2) is 30.9 Å². The molecule has 0 unspecified atom stereocenters. The lowest BCUT2D eigenvalue weighted by molar-refractivity contribution is -0.143. The summed E-state index contributed by atoms with van der Waals surface area (Å²) in [6.07, 6.45) is 2.32. The Morgan fingerprint density at radius 3 is 2.26 bits per heavy atom. The SMILES string of the molecule is CCOC(=O)C[C@@H](C)C=CB1OC(C)(C)C(C)(C)O1. The fourth-order valence-corrected chi connectivity index (χ4v) is 1.80. The van der Waals surface area contributed by atoms with Crippen molar-refractivity contribution >= 4 is 13.1 Å². The Hall–Kier alpha value is -0.805. The summed E-state index contributed by atoms with van der Waals surface area (Å²) in [6, 6.07) is 0. The van der Waals surface area contributed by atoms with E-state index in [0.717, 1.165) is 0 Å². The first-order valence-corrected chi connectivity index (χ1v) is 6.87. The maximum Gasteiger partial charge on any atom is 0.486 e. The molecule has 0 aromatic carbocycles. The van der Waals surface area contributed by atoms with Crippen LogP contribution in [0.25, 0.3) is 0 Å². The molecule has 19 heavy (non-hydrogen) atoms. The predicted octanol–water partition coefficient (Wildman–Crippen LogP) is 2.76. The Morgan fingerprint density at radius 1 is 1.26 bits per heavy atom. The average Bonchev–Trinajstić information content (AvgIpc) is 2.45. The van der Waals surface area contributed by atoms with Gasteiger partial charge in [0, 0.05) is 0 Å². The molecule has 0 bridgehead atoms. The summed E-state index contributed by atoms with van der Waals surface area (Å²) >= 11 is 0. The minimum atomic E-state index is -0.352. The van der Waals surface area contributed by atoms with Crippen LogP contribution in [0.3, 0.4) is 0 Å². The third-order valence-corrected chi connectivity index (χ3v) is 3.66. The minimum Gasteiger partial charge on any atom is -0.466 e. The molecule has 1 heterocycles. The quantitative estimate of drug-likeness (QED) is 0.568. The first-order chi connectivity index (χ1) is 8.68. The highest BCUT2D eigenvalue weighted by Crippen LogP contribution is 2.36. The van der Waals surface area contributed by atoms with E-state index in [1.807, 2.05) is 53.6 Å². The molecular weight excluding hydrogens is 243 g/mol. The van der Waals surface area contributed by atoms with Gasteiger partial charge in [0.1, 0.15) is 0 Å². The van der Waals surface area contributed by atoms with Gasteiger partial charge >= 0.3 is 13.1 Å². The normalized spacial score (nSPS) is 22.7. The topological polar surface area (TPSA) is 44.8 Å². The molecule has 0 N–H and O–H groups in total. The summed E-state index contributed by atoms with van der Waals surface area (Å²) < 4.78 is 16.6. The molecule has 0 radical (unpaired) electrons. The lowest BCUT2D eigenvalue weighted by atomic mass is 9.88. The Balaban J connectivity index is 2.48. The molecule has 1 saturated heterocycles. The zero-order chi connectivity index (χ0) is 14.7. The lowest BCUT2D eigenvalue weighted by Crippen LogP contribution is -2.41. The molecule has 1 rings (SSSR count). The van der Waals surface area contributed by atoms with Crippen molar-refractivity contribution < 1.29 is 18.8 Å². The van der Waals surface area contributed by atoms with Gasteiger partial charge in [-0.05, 0) is 40.5 Å². The molecule has 1 aliphatic rings. The molecule has 1 aliphatic heterocycles. The minimum absolute atomic E-state index is 0.109. The summed E-state index contributed by atoms with van der Waals surface area (Å²) in [5.41, 5.74) is -0.654. The van der Waals surface area contributed by atoms with Crippen LogP contribution in [0.5, 0.6) is 0 Å². The predicted molar refractivity (Wildman–Crippen MR) is 75.6 cm³/mol. The molecule has 0 amide bonds. The van der Waals surface area contributed by atoms with Gasteiger partial charge in [0.2, 0.25) is 0 Å². The van der Waals surface area contributed by atoms with Crippen LogP contribution < -0.4 is 0 Å². The third kappa shape index (κ3) is 4.35. The first kappa shape index (κ1) is 16.2. The van der Waals surface area contributed by atoms with Gasteiger partial charge in [-0.2, -0.15) is 0 Å². The van der Waals surface area contributed by atoms with Crippen molar-refractivity contribution in [3.63, 3.8) is 0 Å². The summed E-state index contributed by atoms with van der Waals surface area (Å²) in [4.78, 5) is 11.3. The monoisotopic (exact) mass is 268 g/mol. The number of allylic oxidation sites excluding steroid dienone is 1. The molecule has 4 nitrogen and oxygen atoms in total. The van der Waals surface area contributed by atoms with E-state index in [2.05, 4.69) is 0 Å². The first-order valence-electron chi connectivity index (χ1n) is 6.87. The number of carbonyl (C=O) groups is 1. The number of ether oxygens (including phenoxy) is 1. The molecule has 5 heteroatoms. The molecule has 0 aromatic rings. The molecule has 0 aromatic heterocycles. The lowest BCUT2D eigenvalue weighted by Gasteiger charge is -2.32. The van der Waals surface area contributed by atoms with Crippen LogP contribution in [0.4, 0.5) is 0 Å². The molecule has 0 saturated carbocycles. The molecular formula is C14H25BO4. The van der Waals surface area contributed by atoms with Crippen molar-refractivity contribution in [2.24, 2.45) is 5.92 Å². The molecule has 1 atom stereocenters. The van der Waals surface area contributed by atoms with Crippen LogP contribution in [0.2, 0.25) is 0 Å². The number of hydrogen-bond donors (Lipinski definition) is 0. The van der Waals surface area contributed by atoms with Crippen molar-refractivity contribution in [2.75, 3.05) is 6.61 Å². The van der Waals surface area contributed by atoms with Gasteiger partial charge in [-0.15, -0.1) is 0 Å². The van der Waals surface area contributed by atoms with E-state index >= 15 is 0 Å². The maximum absolute atomic E-state index is 11.3. The van der Waals surface area contributed by atoms with Crippen molar-refractivity contribution in [3.8, 4) is 0 Å². The zero-order valence-electron chi connectivity index (χ0n) is 12.9. The number of rotatable bonds is 5. The average molecular weight is 268 g/mol. The van der Waals surface area contributed by atoms with E-state index in [1.165, 1.54) is 0 Å². The van der Waals surface area contributed by atoms with Crippen molar-refractivity contribution in [1.82, 2.24) is 0 Å². The highest BCUT2D eigenvalue weighted by molar-refractivity contribution is 6.51. The second-order valence-electron chi connectivity index (χ2n) is 6.00. The van der Waals surface area contributed by atoms with Gasteiger partial charge in [-0.25, -0.2) is 0 Å². The highest BCUT2D eigenvalue weighted by atomic mass is 16.7. The maximum atomic E-state index is 11.3. The van der Waals surface area contributed by atoms with Gasteiger partial charge in [0.05, 0.1) is 24.2 Å². The van der Waals surface area contributed by atoms with E-state index in [-0.39, 0.29) is 30.2 Å². The van der Waals surface area contributed by atoms with Crippen molar-refractivity contribution in [2.45, 2.75) is 59.2 Å². The van der Waals surface area contributed by atoms with Crippen LogP contribution in [0, 0.1) is 5.92 Å². The summed E-state index contributed by atoms with van der Waals surface area (Å²) in [7, 11) is -0.352. The van der Waals surface area contributed by atoms with E-state index < -0.39 is 0 Å². The van der Waals surface area contributed by atoms with Crippen LogP contribution in [0.15, 0.2) is 12.1 Å². The Kier molecular flexibility index (Phi) is 5.22. The Labute approximate surface area is 116 Å². The van der Waals surface area contributed by atoms with Crippen molar-refractivity contribution in [1.29, 1.82) is 0 Å². The van der Waals surface area contributed by atoms with E-state index in [9.17, 15) is 4.79 Å². The van der Waals surface area contributed by atoms with Crippen molar-refractivity contribution in [3.05, 3.63) is 12.1 Å². The van der Waals surface area contributed by atoms with Crippen LogP contribution in [-0.2, 0) is 18.8 Å². The van der Waals surface area contributed by atoms with Gasteiger partial charge in [0.25, 0.3) is 0 Å². The van der Waals surface area contributed by atoms with E-state index in [0.29, 0.717) is 13.0 Å². The van der Waals surface area contributed by atoms with Gasteiger partial charge in [-0.1, -0.05) is 19.0 Å².